The van der Waals surface area contributed by atoms with E-state index < -0.39 is 21.8 Å². The summed E-state index contributed by atoms with van der Waals surface area (Å²) in [7, 11) is -2.28. The number of esters is 1. The van der Waals surface area contributed by atoms with E-state index in [1.807, 2.05) is 0 Å². The topological polar surface area (TPSA) is 108 Å². The molecule has 0 aliphatic rings. The van der Waals surface area contributed by atoms with E-state index in [1.165, 1.54) is 19.2 Å². The van der Waals surface area contributed by atoms with Crippen molar-refractivity contribution >= 4 is 22.2 Å². The molecule has 1 aromatic rings. The zero-order valence-corrected chi connectivity index (χ0v) is 17.1. The Labute approximate surface area is 160 Å². The molecule has 0 aromatic heterocycles. The van der Waals surface area contributed by atoms with Gasteiger partial charge in [0.15, 0.2) is 0 Å². The predicted octanol–water partition coefficient (Wildman–Crippen LogP) is 2.27. The van der Waals surface area contributed by atoms with E-state index in [4.69, 9.17) is 13.7 Å². The van der Waals surface area contributed by atoms with E-state index in [-0.39, 0.29) is 30.6 Å². The summed E-state index contributed by atoms with van der Waals surface area (Å²) in [5, 5.41) is 2.66. The number of ether oxygens (including phenoxy) is 2. The van der Waals surface area contributed by atoms with E-state index >= 15 is 0 Å². The number of alkyl carbamates (subject to hydrolysis) is 1. The number of carbonyl (C=O) groups is 2. The number of benzene rings is 1. The number of carbonyl (C=O) groups excluding carboxylic acids is 2. The molecule has 0 spiro atoms. The van der Waals surface area contributed by atoms with Gasteiger partial charge in [-0.15, -0.1) is 0 Å². The van der Waals surface area contributed by atoms with Gasteiger partial charge >= 0.3 is 22.2 Å². The first-order chi connectivity index (χ1) is 12.4. The average Bonchev–Trinajstić information content (AvgIpc) is 2.51. The Kier molecular flexibility index (Phi) is 8.08. The summed E-state index contributed by atoms with van der Waals surface area (Å²) in [5.74, 6) is -0.396. The monoisotopic (exact) mass is 401 g/mol. The number of hydrogen-bond donors (Lipinski definition) is 1. The standard InChI is InChI=1S/C18H27NO7S/c1-18(2,3)25-17(21)19-12-14(11-16(20)24-4)10-13-6-8-15(9-7-13)26-27(5,22)23/h6-9,14H,10-12H2,1-5H3,(H,19,21). The third kappa shape index (κ3) is 10.4. The van der Waals surface area contributed by atoms with Gasteiger partial charge in [-0.1, -0.05) is 12.1 Å². The Morgan fingerprint density at radius 2 is 1.74 bits per heavy atom. The molecule has 1 rings (SSSR count). The molecule has 1 amide bonds. The second kappa shape index (κ2) is 9.59. The van der Waals surface area contributed by atoms with Crippen LogP contribution in [0.15, 0.2) is 24.3 Å². The SMILES string of the molecule is COC(=O)CC(CNC(=O)OC(C)(C)C)Cc1ccc(OS(C)(=O)=O)cc1. The largest absolute Gasteiger partial charge is 0.469 e. The molecule has 8 nitrogen and oxygen atoms in total. The molecule has 0 radical (unpaired) electrons. The molecule has 1 unspecified atom stereocenters. The van der Waals surface area contributed by atoms with Crippen molar-refractivity contribution in [3.05, 3.63) is 29.8 Å². The first-order valence-electron chi connectivity index (χ1n) is 8.40. The van der Waals surface area contributed by atoms with Gasteiger partial charge in [0, 0.05) is 6.54 Å². The summed E-state index contributed by atoms with van der Waals surface area (Å²) < 4.78 is 37.0. The van der Waals surface area contributed by atoms with Crippen LogP contribution in [0.25, 0.3) is 0 Å². The van der Waals surface area contributed by atoms with Crippen molar-refractivity contribution in [1.29, 1.82) is 0 Å². The van der Waals surface area contributed by atoms with Gasteiger partial charge in [0.1, 0.15) is 11.4 Å². The van der Waals surface area contributed by atoms with Gasteiger partial charge in [0.05, 0.1) is 19.8 Å². The smallest absolute Gasteiger partial charge is 0.407 e. The van der Waals surface area contributed by atoms with Crippen LogP contribution in [0.4, 0.5) is 4.79 Å². The molecule has 0 bridgehead atoms. The molecule has 0 fully saturated rings. The summed E-state index contributed by atoms with van der Waals surface area (Å²) in [6.45, 7) is 5.52. The molecule has 0 aliphatic heterocycles. The summed E-state index contributed by atoms with van der Waals surface area (Å²) in [6, 6.07) is 6.48. The maximum Gasteiger partial charge on any atom is 0.407 e. The molecule has 9 heteroatoms. The van der Waals surface area contributed by atoms with E-state index in [0.29, 0.717) is 6.42 Å². The summed E-state index contributed by atoms with van der Waals surface area (Å²) in [6.07, 6.45) is 1.00. The van der Waals surface area contributed by atoms with Gasteiger partial charge in [-0.2, -0.15) is 8.42 Å². The van der Waals surface area contributed by atoms with E-state index in [9.17, 15) is 18.0 Å². The average molecular weight is 401 g/mol. The fraction of sp³-hybridized carbons (Fsp3) is 0.556. The molecule has 27 heavy (non-hydrogen) atoms. The van der Waals surface area contributed by atoms with Crippen molar-refractivity contribution in [3.63, 3.8) is 0 Å². The van der Waals surface area contributed by atoms with E-state index in [0.717, 1.165) is 11.8 Å². The van der Waals surface area contributed by atoms with Gasteiger partial charge < -0.3 is 19.0 Å². The Morgan fingerprint density at radius 1 is 1.15 bits per heavy atom. The maximum absolute atomic E-state index is 11.8. The quantitative estimate of drug-likeness (QED) is 0.526. The van der Waals surface area contributed by atoms with Gasteiger partial charge in [0.2, 0.25) is 0 Å². The Hall–Kier alpha value is -2.29. The zero-order valence-electron chi connectivity index (χ0n) is 16.3. The van der Waals surface area contributed by atoms with Crippen LogP contribution in [0, 0.1) is 5.92 Å². The van der Waals surface area contributed by atoms with Crippen molar-refractivity contribution in [3.8, 4) is 5.75 Å². The molecular weight excluding hydrogens is 374 g/mol. The third-order valence-corrected chi connectivity index (χ3v) is 3.81. The van der Waals surface area contributed by atoms with Gasteiger partial charge in [-0.3, -0.25) is 4.79 Å². The van der Waals surface area contributed by atoms with Crippen molar-refractivity contribution in [2.45, 2.75) is 39.2 Å². The minimum absolute atomic E-state index is 0.119. The van der Waals surface area contributed by atoms with Crippen LogP contribution >= 0.6 is 0 Å². The van der Waals surface area contributed by atoms with Crippen molar-refractivity contribution in [1.82, 2.24) is 5.32 Å². The first-order valence-corrected chi connectivity index (χ1v) is 10.2. The second-order valence-electron chi connectivity index (χ2n) is 7.16. The van der Waals surface area contributed by atoms with Crippen LogP contribution in [-0.2, 0) is 30.8 Å². The molecule has 1 N–H and O–H groups in total. The summed E-state index contributed by atoms with van der Waals surface area (Å²) >= 11 is 0. The summed E-state index contributed by atoms with van der Waals surface area (Å²) in [4.78, 5) is 23.5. The maximum atomic E-state index is 11.8. The minimum Gasteiger partial charge on any atom is -0.469 e. The van der Waals surface area contributed by atoms with Crippen LogP contribution in [0.5, 0.6) is 5.75 Å². The second-order valence-corrected chi connectivity index (χ2v) is 8.74. The zero-order chi connectivity index (χ0) is 20.7. The van der Waals surface area contributed by atoms with Crippen LogP contribution in [0.1, 0.15) is 32.8 Å². The normalized spacial score (nSPS) is 12.8. The van der Waals surface area contributed by atoms with Gasteiger partial charge in [-0.05, 0) is 50.8 Å². The molecule has 1 atom stereocenters. The third-order valence-electron chi connectivity index (χ3n) is 3.31. The summed E-state index contributed by atoms with van der Waals surface area (Å²) in [5.41, 5.74) is 0.243. The molecule has 0 heterocycles. The molecule has 1 aromatic carbocycles. The minimum atomic E-state index is -3.59. The van der Waals surface area contributed by atoms with E-state index in [1.54, 1.807) is 32.9 Å². The lowest BCUT2D eigenvalue weighted by Crippen LogP contribution is -2.36. The molecular formula is C18H27NO7S. The molecule has 152 valence electrons. The van der Waals surface area contributed by atoms with Crippen LogP contribution in [0.2, 0.25) is 0 Å². The number of hydrogen-bond acceptors (Lipinski definition) is 7. The fourth-order valence-corrected chi connectivity index (χ4v) is 2.73. The number of methoxy groups -OCH3 is 1. The fourth-order valence-electron chi connectivity index (χ4n) is 2.27. The number of nitrogens with one attached hydrogen (secondary N) is 1. The highest BCUT2D eigenvalue weighted by Gasteiger charge is 2.20. The first kappa shape index (κ1) is 22.8. The van der Waals surface area contributed by atoms with Crippen molar-refractivity contribution in [2.75, 3.05) is 19.9 Å². The number of amides is 1. The lowest BCUT2D eigenvalue weighted by Gasteiger charge is -2.22. The lowest BCUT2D eigenvalue weighted by atomic mass is 9.96. The van der Waals surface area contributed by atoms with Crippen LogP contribution in [0.3, 0.4) is 0 Å². The Morgan fingerprint density at radius 3 is 2.22 bits per heavy atom. The number of rotatable bonds is 8. The lowest BCUT2D eigenvalue weighted by molar-refractivity contribution is -0.141. The highest BCUT2D eigenvalue weighted by atomic mass is 32.2. The van der Waals surface area contributed by atoms with E-state index in [2.05, 4.69) is 5.32 Å². The van der Waals surface area contributed by atoms with Crippen LogP contribution < -0.4 is 9.50 Å². The molecule has 0 saturated heterocycles. The van der Waals surface area contributed by atoms with Crippen molar-refractivity contribution in [2.24, 2.45) is 5.92 Å². The highest BCUT2D eigenvalue weighted by Crippen LogP contribution is 2.18. The highest BCUT2D eigenvalue weighted by molar-refractivity contribution is 7.86. The van der Waals surface area contributed by atoms with Gasteiger partial charge in [-0.25, -0.2) is 4.79 Å². The Balaban J connectivity index is 2.73. The molecule has 0 saturated carbocycles. The van der Waals surface area contributed by atoms with Crippen molar-refractivity contribution < 1.29 is 31.7 Å². The van der Waals surface area contributed by atoms with Gasteiger partial charge in [0.25, 0.3) is 0 Å². The van der Waals surface area contributed by atoms with Crippen LogP contribution in [-0.4, -0.2) is 46.0 Å². The molecule has 0 aliphatic carbocycles. The predicted molar refractivity (Wildman–Crippen MR) is 100.0 cm³/mol. The Bertz CT molecular complexity index is 736.